The number of thioether (sulfide) groups is 2. The Bertz CT molecular complexity index is 1200. The average molecular weight is 593 g/mol. The molecule has 0 unspecified atom stereocenters. The Balaban J connectivity index is 1.79. The van der Waals surface area contributed by atoms with Crippen LogP contribution in [0.4, 0.5) is 4.79 Å². The summed E-state index contributed by atoms with van der Waals surface area (Å²) in [6.45, 7) is 0. The van der Waals surface area contributed by atoms with Crippen molar-refractivity contribution in [3.05, 3.63) is 21.8 Å². The molecule has 1 aromatic rings. The summed E-state index contributed by atoms with van der Waals surface area (Å²) in [5.74, 6) is -2.93. The van der Waals surface area contributed by atoms with Crippen LogP contribution in [0, 0.1) is 0 Å². The molecule has 18 heteroatoms. The third-order valence-electron chi connectivity index (χ3n) is 4.53. The van der Waals surface area contributed by atoms with Crippen molar-refractivity contribution in [2.24, 2.45) is 12.2 Å². The molecule has 0 spiro atoms. The van der Waals surface area contributed by atoms with Crippen LogP contribution in [0.1, 0.15) is 0 Å². The number of aromatic nitrogens is 3. The second-order valence-corrected chi connectivity index (χ2v) is 9.36. The maximum absolute atomic E-state index is 12.8. The van der Waals surface area contributed by atoms with E-state index in [2.05, 4.69) is 41.3 Å². The molecule has 0 aromatic carbocycles. The molecule has 1 aromatic heterocycles. The number of aromatic hydroxyl groups is 1. The van der Waals surface area contributed by atoms with E-state index in [4.69, 9.17) is 4.74 Å². The minimum Gasteiger partial charge on any atom is -0.488 e. The molecule has 0 aliphatic carbocycles. The van der Waals surface area contributed by atoms with Crippen molar-refractivity contribution in [1.29, 1.82) is 0 Å². The van der Waals surface area contributed by atoms with Crippen LogP contribution >= 0.6 is 39.5 Å². The first-order valence-electron chi connectivity index (χ1n) is 9.44. The number of alkyl halides is 1. The minimum atomic E-state index is -1.65. The summed E-state index contributed by atoms with van der Waals surface area (Å²) in [5, 5.41) is 27.2. The lowest BCUT2D eigenvalue weighted by molar-refractivity contribution is -0.148. The van der Waals surface area contributed by atoms with E-state index in [1.54, 1.807) is 0 Å². The van der Waals surface area contributed by atoms with E-state index in [-0.39, 0.29) is 27.9 Å². The van der Waals surface area contributed by atoms with Gasteiger partial charge in [-0.1, -0.05) is 32.8 Å². The lowest BCUT2D eigenvalue weighted by Gasteiger charge is -2.49. The molecule has 0 bridgehead atoms. The summed E-state index contributed by atoms with van der Waals surface area (Å²) in [6, 6.07) is -1.07. The molecule has 0 saturated carbocycles. The quantitative estimate of drug-likeness (QED) is 0.0614. The maximum Gasteiger partial charge on any atom is 0.512 e. The predicted octanol–water partition coefficient (Wildman–Crippen LogP) is -0.754. The number of carbonyl (C=O) groups is 4. The molecular formula is C17H17BrN6O9S2. The van der Waals surface area contributed by atoms with E-state index in [0.29, 0.717) is 5.57 Å². The number of β-lactam (4-membered cyclic amide) rings is 1. The monoisotopic (exact) mass is 592 g/mol. The number of rotatable bonds is 9. The Hall–Kier alpha value is -3.12. The first kappa shape index (κ1) is 26.5. The van der Waals surface area contributed by atoms with Crippen molar-refractivity contribution in [2.75, 3.05) is 23.9 Å². The van der Waals surface area contributed by atoms with Gasteiger partial charge in [0.1, 0.15) is 18.5 Å². The number of carbonyl (C=O) groups excluding carboxylic acids is 3. The Morgan fingerprint density at radius 1 is 1.37 bits per heavy atom. The first-order valence-corrected chi connectivity index (χ1v) is 12.6. The molecule has 1 saturated heterocycles. The zero-order chi connectivity index (χ0) is 25.9. The number of oxime groups is 1. The second kappa shape index (κ2) is 11.1. The van der Waals surface area contributed by atoms with E-state index in [1.807, 2.05) is 0 Å². The van der Waals surface area contributed by atoms with Crippen molar-refractivity contribution in [3.8, 4) is 5.88 Å². The highest BCUT2D eigenvalue weighted by Crippen LogP contribution is 2.41. The van der Waals surface area contributed by atoms with Crippen LogP contribution in [0.25, 0.3) is 0 Å². The molecule has 2 aliphatic heterocycles. The van der Waals surface area contributed by atoms with Gasteiger partial charge in [-0.3, -0.25) is 24.1 Å². The summed E-state index contributed by atoms with van der Waals surface area (Å²) in [4.78, 5) is 69.4. The zero-order valence-electron chi connectivity index (χ0n) is 18.0. The number of amides is 2. The Labute approximate surface area is 213 Å². The number of nitrogens with one attached hydrogen (secondary N) is 1. The fourth-order valence-corrected chi connectivity index (χ4v) is 5.63. The lowest BCUT2D eigenvalue weighted by atomic mass is 10.1. The van der Waals surface area contributed by atoms with E-state index in [0.717, 1.165) is 23.8 Å². The van der Waals surface area contributed by atoms with E-state index < -0.39 is 52.3 Å². The summed E-state index contributed by atoms with van der Waals surface area (Å²) in [5.41, 5.74) is -1.05. The fourth-order valence-electron chi connectivity index (χ4n) is 3.01. The largest absolute Gasteiger partial charge is 0.512 e. The number of fused-ring (bicyclic) bond motifs is 1. The van der Waals surface area contributed by atoms with Crippen molar-refractivity contribution < 1.29 is 39.0 Å². The van der Waals surface area contributed by atoms with Gasteiger partial charge in [-0.15, -0.1) is 16.9 Å². The van der Waals surface area contributed by atoms with Gasteiger partial charge in [0.2, 0.25) is 17.4 Å². The predicted molar refractivity (Wildman–Crippen MR) is 124 cm³/mol. The number of hydrogen-bond acceptors (Lipinski definition) is 13. The molecular weight excluding hydrogens is 576 g/mol. The Morgan fingerprint density at radius 3 is 2.71 bits per heavy atom. The molecule has 188 valence electrons. The molecule has 3 heterocycles. The summed E-state index contributed by atoms with van der Waals surface area (Å²) in [6.07, 6.45) is -1.65. The number of nitrogens with zero attached hydrogens (tertiary/aromatic N) is 5. The van der Waals surface area contributed by atoms with Crippen LogP contribution in [0.3, 0.4) is 0 Å². The summed E-state index contributed by atoms with van der Waals surface area (Å²) in [7, 11) is 2.61. The van der Waals surface area contributed by atoms with Crippen molar-refractivity contribution in [1.82, 2.24) is 25.0 Å². The Morgan fingerprint density at radius 2 is 2.09 bits per heavy atom. The Kier molecular flexibility index (Phi) is 8.39. The molecule has 2 atom stereocenters. The van der Waals surface area contributed by atoms with Crippen LogP contribution in [0.2, 0.25) is 0 Å². The highest BCUT2D eigenvalue weighted by atomic mass is 79.9. The molecule has 0 radical (unpaired) electrons. The number of hydrogen-bond donors (Lipinski definition) is 3. The molecule has 2 amide bonds. The SMILES string of the molecule is CO/N=C(/C(=O)CBr)C(=O)N[C@@H]1C(=O)N2C(OC(=O)O)=C(CSc3nc(=O)c(O)nn3C)CS[C@H]12. The summed E-state index contributed by atoms with van der Waals surface area (Å²) >= 11 is 5.18. The van der Waals surface area contributed by atoms with Gasteiger partial charge < -0.3 is 25.1 Å². The van der Waals surface area contributed by atoms with Crippen molar-refractivity contribution in [3.63, 3.8) is 0 Å². The van der Waals surface area contributed by atoms with Crippen molar-refractivity contribution >= 4 is 68.9 Å². The van der Waals surface area contributed by atoms with E-state index >= 15 is 0 Å². The maximum atomic E-state index is 12.8. The van der Waals surface area contributed by atoms with Gasteiger partial charge in [-0.05, 0) is 0 Å². The van der Waals surface area contributed by atoms with Gasteiger partial charge >= 0.3 is 11.7 Å². The van der Waals surface area contributed by atoms with Gasteiger partial charge in [-0.2, -0.15) is 4.98 Å². The first-order chi connectivity index (χ1) is 16.6. The second-order valence-electron chi connectivity index (χ2n) is 6.75. The van der Waals surface area contributed by atoms with E-state index in [1.165, 1.54) is 23.5 Å². The third kappa shape index (κ3) is 5.59. The number of Topliss-reactive ketones (excluding diaryl/α,β-unsaturated/α-hetero) is 1. The van der Waals surface area contributed by atoms with Crippen LogP contribution in [-0.4, -0.2) is 94.7 Å². The summed E-state index contributed by atoms with van der Waals surface area (Å²) < 4.78 is 6.05. The smallest absolute Gasteiger partial charge is 0.488 e. The number of carboxylic acid groups (broad SMARTS) is 1. The van der Waals surface area contributed by atoms with Gasteiger partial charge in [0.05, 0.1) is 5.33 Å². The number of ketones is 1. The normalized spacial score (nSPS) is 19.6. The third-order valence-corrected chi connectivity index (χ3v) is 7.49. The molecule has 35 heavy (non-hydrogen) atoms. The van der Waals surface area contributed by atoms with Gasteiger partial charge in [0.15, 0.2) is 5.16 Å². The molecule has 15 nitrogen and oxygen atoms in total. The average Bonchev–Trinajstić information content (AvgIpc) is 2.81. The van der Waals surface area contributed by atoms with Gasteiger partial charge in [0, 0.05) is 24.1 Å². The topological polar surface area (TPSA) is 203 Å². The highest BCUT2D eigenvalue weighted by molar-refractivity contribution is 9.09. The number of halogens is 1. The van der Waals surface area contributed by atoms with Crippen LogP contribution < -0.4 is 10.9 Å². The standard InChI is InChI=1S/C17H17BrN6O9S2/c1-23-16(20-11(27)12(28)21-23)35-5-6-4-34-15-9(13(29)24(15)14(6)33-17(30)31)19-10(26)8(22-32-2)7(25)3-18/h9,15H,3-5H2,1-2H3,(H,19,26)(H,21,28)(H,30,31)/b22-8-/t9-,15-/m1/s1. The molecule has 2 aliphatic rings. The van der Waals surface area contributed by atoms with Gasteiger partial charge in [-0.25, -0.2) is 9.48 Å². The van der Waals surface area contributed by atoms with Crippen LogP contribution in [0.15, 0.2) is 26.6 Å². The zero-order valence-corrected chi connectivity index (χ0v) is 21.2. The minimum absolute atomic E-state index is 0.0836. The van der Waals surface area contributed by atoms with Crippen molar-refractivity contribution in [2.45, 2.75) is 16.6 Å². The van der Waals surface area contributed by atoms with Crippen LogP contribution in [-0.2, 0) is 31.0 Å². The molecule has 3 rings (SSSR count). The molecule has 3 N–H and O–H groups in total. The van der Waals surface area contributed by atoms with Gasteiger partial charge in [0.25, 0.3) is 17.7 Å². The molecule has 1 fully saturated rings. The van der Waals surface area contributed by atoms with E-state index in [9.17, 15) is 34.2 Å². The number of aryl methyl sites for hydroxylation is 1. The fraction of sp³-hybridized carbons (Fsp3) is 0.412. The van der Waals surface area contributed by atoms with Crippen LogP contribution in [0.5, 0.6) is 5.88 Å². The number of ether oxygens (including phenoxy) is 1. The highest BCUT2D eigenvalue weighted by Gasteiger charge is 2.54. The lowest BCUT2D eigenvalue weighted by Crippen LogP contribution is -2.71.